The number of nitrogens with one attached hydrogen (secondary N) is 1. The summed E-state index contributed by atoms with van der Waals surface area (Å²) in [4.78, 5) is 13.5. The number of carbonyl (C=O) groups is 1. The van der Waals surface area contributed by atoms with Crippen molar-refractivity contribution in [3.05, 3.63) is 48.6 Å². The molecule has 3 rings (SSSR count). The summed E-state index contributed by atoms with van der Waals surface area (Å²) in [6.07, 6.45) is 54.9. The van der Waals surface area contributed by atoms with Gasteiger partial charge in [-0.3, -0.25) is 4.79 Å². The maximum Gasteiger partial charge on any atom is 0.220 e. The first-order valence-electron chi connectivity index (χ1n) is 42.4. The fourth-order valence-corrected chi connectivity index (χ4v) is 14.4. The fraction of sp³-hybridized carbons (Fsp3) is 0.893. The molecule has 3 saturated heterocycles. The van der Waals surface area contributed by atoms with Gasteiger partial charge in [-0.15, -0.1) is 0 Å². The van der Waals surface area contributed by atoms with Gasteiger partial charge < -0.3 is 89.9 Å². The van der Waals surface area contributed by atoms with Crippen LogP contribution in [0.4, 0.5) is 0 Å². The zero-order chi connectivity index (χ0) is 74.6. The Bertz CT molecular complexity index is 2050. The van der Waals surface area contributed by atoms with E-state index in [0.29, 0.717) is 12.8 Å². The number of hydrogen-bond acceptors (Lipinski definition) is 18. The molecule has 1 amide bonds. The summed E-state index contributed by atoms with van der Waals surface area (Å²) in [5.74, 6) is -0.236. The van der Waals surface area contributed by atoms with Gasteiger partial charge in [-0.25, -0.2) is 0 Å². The van der Waals surface area contributed by atoms with Gasteiger partial charge in [0.05, 0.1) is 38.6 Å². The highest BCUT2D eigenvalue weighted by Gasteiger charge is 2.54. The third-order valence-corrected chi connectivity index (χ3v) is 21.2. The summed E-state index contributed by atoms with van der Waals surface area (Å²) in [5, 5.41) is 121. The molecule has 0 aromatic carbocycles. The molecule has 0 spiro atoms. The van der Waals surface area contributed by atoms with E-state index in [1.807, 2.05) is 0 Å². The van der Waals surface area contributed by atoms with Crippen LogP contribution in [0.25, 0.3) is 0 Å². The maximum absolute atomic E-state index is 13.5. The smallest absolute Gasteiger partial charge is 0.220 e. The number of unbranched alkanes of at least 4 members (excludes halogenated alkanes) is 44. The topological polar surface area (TPSA) is 307 Å². The van der Waals surface area contributed by atoms with E-state index in [9.17, 15) is 61.0 Å². The number of rotatable bonds is 68. The molecule has 3 aliphatic rings. The predicted octanol–water partition coefficient (Wildman–Crippen LogP) is 14.8. The Labute approximate surface area is 624 Å². The molecule has 19 heteroatoms. The zero-order valence-electron chi connectivity index (χ0n) is 64.8. The standard InChI is InChI=1S/C84H155NO18/c1-3-5-7-9-11-13-15-17-19-21-23-25-27-29-30-31-32-33-34-35-36-38-40-42-44-46-48-50-52-54-56-58-60-62-72(90)85-67(68(89)61-59-57-55-53-51-49-47-45-43-41-39-37-28-26-24-22-20-18-16-14-12-10-8-6-4-2)66-98-82-78(96)75(93)80(70(64-87)100-82)103-84-79(97)76(94)81(71(65-88)101-84)102-83-77(95)74(92)73(91)69(63-86)99-83/h5,7,11,13,17,19,23,25,67-71,73-84,86-89,91-97H,3-4,6,8-10,12,14-16,18,20-22,24,26-66H2,1-2H3,(H,85,90)/b7-5-,13-11-,19-17-,25-23-. The number of ether oxygens (including phenoxy) is 6. The summed E-state index contributed by atoms with van der Waals surface area (Å²) >= 11 is 0. The van der Waals surface area contributed by atoms with Gasteiger partial charge >= 0.3 is 0 Å². The Kier molecular flexibility index (Phi) is 59.5. The fourth-order valence-electron chi connectivity index (χ4n) is 14.4. The molecule has 12 N–H and O–H groups in total. The first-order chi connectivity index (χ1) is 50.3. The molecule has 103 heavy (non-hydrogen) atoms. The minimum atomic E-state index is -1.97. The molecule has 604 valence electrons. The third-order valence-electron chi connectivity index (χ3n) is 21.2. The second-order valence-corrected chi connectivity index (χ2v) is 30.3. The SMILES string of the molecule is CC/C=C\C/C=C\C/C=C\C/C=C\CCCCCCCCCCCCCCCCCCCCCCC(=O)NC(COC1OC(CO)C(OC2OC(CO)C(OC3OC(CO)C(O)C(O)C3O)C(O)C2O)C(O)C1O)C(O)CCCCCCCCCCCCCCCCCCCCCCCCCCC. The van der Waals surface area contributed by atoms with E-state index in [1.165, 1.54) is 244 Å². The largest absolute Gasteiger partial charge is 0.394 e. The third kappa shape index (κ3) is 44.3. The van der Waals surface area contributed by atoms with Crippen molar-refractivity contribution in [3.63, 3.8) is 0 Å². The molecule has 0 aromatic heterocycles. The number of hydrogen-bond donors (Lipinski definition) is 12. The lowest BCUT2D eigenvalue weighted by Gasteiger charge is -2.48. The Hall–Kier alpha value is -2.25. The molecular formula is C84H155NO18. The molecule has 3 fully saturated rings. The Balaban J connectivity index is 1.34. The van der Waals surface area contributed by atoms with Gasteiger partial charge in [-0.05, 0) is 51.4 Å². The summed E-state index contributed by atoms with van der Waals surface area (Å²) in [5.41, 5.74) is 0. The van der Waals surface area contributed by atoms with E-state index in [0.717, 1.165) is 70.6 Å². The van der Waals surface area contributed by atoms with E-state index in [-0.39, 0.29) is 18.9 Å². The first kappa shape index (κ1) is 95.0. The van der Waals surface area contributed by atoms with E-state index in [4.69, 9.17) is 28.4 Å². The number of aliphatic hydroxyl groups excluding tert-OH is 11. The molecule has 17 unspecified atom stereocenters. The minimum Gasteiger partial charge on any atom is -0.394 e. The van der Waals surface area contributed by atoms with Crippen molar-refractivity contribution in [2.24, 2.45) is 0 Å². The van der Waals surface area contributed by atoms with Crippen LogP contribution in [0.5, 0.6) is 0 Å². The van der Waals surface area contributed by atoms with Crippen molar-refractivity contribution in [2.75, 3.05) is 26.4 Å². The van der Waals surface area contributed by atoms with E-state index in [2.05, 4.69) is 67.8 Å². The number of allylic oxidation sites excluding steroid dienone is 8. The van der Waals surface area contributed by atoms with E-state index < -0.39 is 124 Å². The van der Waals surface area contributed by atoms with E-state index in [1.54, 1.807) is 0 Å². The second-order valence-electron chi connectivity index (χ2n) is 30.3. The van der Waals surface area contributed by atoms with Crippen molar-refractivity contribution in [1.29, 1.82) is 0 Å². The van der Waals surface area contributed by atoms with Crippen LogP contribution >= 0.6 is 0 Å². The quantitative estimate of drug-likeness (QED) is 0.0199. The normalized spacial score (nSPS) is 26.2. The summed E-state index contributed by atoms with van der Waals surface area (Å²) in [7, 11) is 0. The van der Waals surface area contributed by atoms with Crippen molar-refractivity contribution in [3.8, 4) is 0 Å². The van der Waals surface area contributed by atoms with Gasteiger partial charge in [-0.2, -0.15) is 0 Å². The van der Waals surface area contributed by atoms with Crippen molar-refractivity contribution in [2.45, 2.75) is 452 Å². The molecular weight excluding hydrogens is 1310 g/mol. The van der Waals surface area contributed by atoms with Crippen LogP contribution in [-0.2, 0) is 33.2 Å². The summed E-state index contributed by atoms with van der Waals surface area (Å²) < 4.78 is 34.6. The highest BCUT2D eigenvalue weighted by atomic mass is 16.8. The maximum atomic E-state index is 13.5. The lowest BCUT2D eigenvalue weighted by Crippen LogP contribution is -2.66. The van der Waals surface area contributed by atoms with Gasteiger partial charge in [-0.1, -0.05) is 339 Å². The van der Waals surface area contributed by atoms with Crippen LogP contribution in [0.15, 0.2) is 48.6 Å². The van der Waals surface area contributed by atoms with Gasteiger partial charge in [0.1, 0.15) is 73.2 Å². The molecule has 3 heterocycles. The van der Waals surface area contributed by atoms with Crippen LogP contribution in [0.2, 0.25) is 0 Å². The molecule has 17 atom stereocenters. The average molecular weight is 1470 g/mol. The lowest BCUT2D eigenvalue weighted by atomic mass is 9.96. The minimum absolute atomic E-state index is 0.236. The van der Waals surface area contributed by atoms with Crippen LogP contribution in [0.3, 0.4) is 0 Å². The van der Waals surface area contributed by atoms with Crippen LogP contribution < -0.4 is 5.32 Å². The lowest BCUT2D eigenvalue weighted by molar-refractivity contribution is -0.379. The molecule has 0 aliphatic carbocycles. The Morgan fingerprint density at radius 2 is 0.670 bits per heavy atom. The molecule has 0 aromatic rings. The van der Waals surface area contributed by atoms with Crippen molar-refractivity contribution >= 4 is 5.91 Å². The molecule has 0 saturated carbocycles. The van der Waals surface area contributed by atoms with Crippen LogP contribution in [-0.4, -0.2) is 193 Å². The molecule has 0 bridgehead atoms. The zero-order valence-corrected chi connectivity index (χ0v) is 64.8. The monoisotopic (exact) mass is 1470 g/mol. The highest BCUT2D eigenvalue weighted by Crippen LogP contribution is 2.33. The van der Waals surface area contributed by atoms with E-state index >= 15 is 0 Å². The second kappa shape index (κ2) is 64.6. The highest BCUT2D eigenvalue weighted by molar-refractivity contribution is 5.76. The number of amides is 1. The Morgan fingerprint density at radius 3 is 1.05 bits per heavy atom. The Morgan fingerprint density at radius 1 is 0.359 bits per heavy atom. The molecule has 19 nitrogen and oxygen atoms in total. The molecule has 0 radical (unpaired) electrons. The van der Waals surface area contributed by atoms with Gasteiger partial charge in [0.25, 0.3) is 0 Å². The van der Waals surface area contributed by atoms with Gasteiger partial charge in [0.15, 0.2) is 18.9 Å². The number of aliphatic hydroxyl groups is 11. The summed E-state index contributed by atoms with van der Waals surface area (Å²) in [6.45, 7) is 1.75. The first-order valence-corrected chi connectivity index (χ1v) is 42.4. The number of carbonyl (C=O) groups excluding carboxylic acids is 1. The van der Waals surface area contributed by atoms with Crippen LogP contribution in [0.1, 0.15) is 348 Å². The summed E-state index contributed by atoms with van der Waals surface area (Å²) in [6, 6.07) is -0.888. The van der Waals surface area contributed by atoms with Crippen LogP contribution in [0, 0.1) is 0 Å². The van der Waals surface area contributed by atoms with Crippen molar-refractivity contribution in [1.82, 2.24) is 5.32 Å². The predicted molar refractivity (Wildman–Crippen MR) is 411 cm³/mol. The van der Waals surface area contributed by atoms with Crippen molar-refractivity contribution < 1.29 is 89.4 Å². The van der Waals surface area contributed by atoms with Gasteiger partial charge in [0.2, 0.25) is 5.91 Å². The van der Waals surface area contributed by atoms with Gasteiger partial charge in [0, 0.05) is 6.42 Å². The molecule has 3 aliphatic heterocycles. The average Bonchev–Trinajstić information content (AvgIpc) is 0.781.